The van der Waals surface area contributed by atoms with Gasteiger partial charge in [-0.1, -0.05) is 48.0 Å². The maximum Gasteiger partial charge on any atom is 0.410 e. The number of benzene rings is 2. The van der Waals surface area contributed by atoms with E-state index >= 15 is 0 Å². The molecule has 2 amide bonds. The summed E-state index contributed by atoms with van der Waals surface area (Å²) in [4.78, 5) is 28.2. The minimum Gasteiger partial charge on any atom is -0.445 e. The summed E-state index contributed by atoms with van der Waals surface area (Å²) in [6.45, 7) is 7.66. The summed E-state index contributed by atoms with van der Waals surface area (Å²) in [6, 6.07) is 12.8. The summed E-state index contributed by atoms with van der Waals surface area (Å²) in [5.41, 5.74) is 4.11. The van der Waals surface area contributed by atoms with Crippen LogP contribution < -0.4 is 0 Å². The zero-order valence-corrected chi connectivity index (χ0v) is 20.7. The van der Waals surface area contributed by atoms with Crippen LogP contribution in [-0.4, -0.2) is 47.2 Å². The molecule has 7 heteroatoms. The molecule has 0 atom stereocenters. The van der Waals surface area contributed by atoms with Crippen LogP contribution >= 0.6 is 0 Å². The lowest BCUT2D eigenvalue weighted by Gasteiger charge is -2.31. The molecule has 0 saturated carbocycles. The van der Waals surface area contributed by atoms with Crippen LogP contribution in [0.25, 0.3) is 6.08 Å². The third-order valence-corrected chi connectivity index (χ3v) is 6.27. The SMILES string of the molecule is CC(C)(C)OC(=O)N1CCC(=Cc2ccc(F)c3c2CCN(C(=O)OCc2ccccc2)C3)CC1. The maximum atomic E-state index is 14.7. The monoisotopic (exact) mass is 480 g/mol. The number of amides is 2. The standard InChI is InChI=1S/C28H33FN2O4/c1-28(2,3)35-27(33)30-14-11-20(12-15-30)17-22-9-10-25(29)24-18-31(16-13-23(22)24)26(32)34-19-21-7-5-4-6-8-21/h4-10,17H,11-16,18-19H2,1-3H3. The number of hydrogen-bond donors (Lipinski definition) is 0. The van der Waals surface area contributed by atoms with Gasteiger partial charge in [0.1, 0.15) is 18.0 Å². The van der Waals surface area contributed by atoms with Gasteiger partial charge in [-0.2, -0.15) is 0 Å². The summed E-state index contributed by atoms with van der Waals surface area (Å²) in [6.07, 6.45) is 3.48. The molecule has 2 heterocycles. The quantitative estimate of drug-likeness (QED) is 0.546. The van der Waals surface area contributed by atoms with E-state index in [1.807, 2.05) is 57.2 Å². The zero-order chi connectivity index (χ0) is 25.0. The third-order valence-electron chi connectivity index (χ3n) is 6.27. The number of carbonyl (C=O) groups is 2. The van der Waals surface area contributed by atoms with Crippen LogP contribution in [-0.2, 0) is 29.0 Å². The smallest absolute Gasteiger partial charge is 0.410 e. The van der Waals surface area contributed by atoms with E-state index in [4.69, 9.17) is 9.47 Å². The molecule has 2 aromatic rings. The molecule has 1 fully saturated rings. The van der Waals surface area contributed by atoms with Crippen molar-refractivity contribution < 1.29 is 23.5 Å². The summed E-state index contributed by atoms with van der Waals surface area (Å²) in [7, 11) is 0. The predicted octanol–water partition coefficient (Wildman–Crippen LogP) is 5.93. The second-order valence-corrected chi connectivity index (χ2v) is 10.1. The van der Waals surface area contributed by atoms with Crippen LogP contribution in [0.5, 0.6) is 0 Å². The molecule has 1 saturated heterocycles. The third kappa shape index (κ3) is 6.41. The molecule has 35 heavy (non-hydrogen) atoms. The van der Waals surface area contributed by atoms with E-state index in [9.17, 15) is 14.0 Å². The Morgan fingerprint density at radius 3 is 2.29 bits per heavy atom. The van der Waals surface area contributed by atoms with Gasteiger partial charge in [0.15, 0.2) is 0 Å². The number of halogens is 1. The van der Waals surface area contributed by atoms with E-state index in [1.54, 1.807) is 9.80 Å². The van der Waals surface area contributed by atoms with Crippen molar-refractivity contribution in [2.75, 3.05) is 19.6 Å². The van der Waals surface area contributed by atoms with Gasteiger partial charge in [-0.25, -0.2) is 14.0 Å². The van der Waals surface area contributed by atoms with E-state index in [-0.39, 0.29) is 25.1 Å². The zero-order valence-electron chi connectivity index (χ0n) is 20.7. The van der Waals surface area contributed by atoms with Crippen LogP contribution in [0.2, 0.25) is 0 Å². The van der Waals surface area contributed by atoms with E-state index in [1.165, 1.54) is 11.6 Å². The van der Waals surface area contributed by atoms with Crippen molar-refractivity contribution in [1.82, 2.24) is 9.80 Å². The Labute approximate surface area is 206 Å². The molecule has 2 aliphatic heterocycles. The highest BCUT2D eigenvalue weighted by atomic mass is 19.1. The summed E-state index contributed by atoms with van der Waals surface area (Å²) < 4.78 is 25.7. The molecule has 4 rings (SSSR count). The number of ether oxygens (including phenoxy) is 2. The first kappa shape index (κ1) is 24.8. The van der Waals surface area contributed by atoms with Gasteiger partial charge in [-0.3, -0.25) is 0 Å². The summed E-state index contributed by atoms with van der Waals surface area (Å²) in [5.74, 6) is -0.303. The van der Waals surface area contributed by atoms with Gasteiger partial charge in [0, 0.05) is 25.2 Å². The van der Waals surface area contributed by atoms with Gasteiger partial charge in [-0.15, -0.1) is 0 Å². The minimum atomic E-state index is -0.512. The van der Waals surface area contributed by atoms with Crippen LogP contribution in [0.15, 0.2) is 48.0 Å². The Hall–Kier alpha value is -3.35. The molecule has 0 aromatic heterocycles. The Balaban J connectivity index is 1.39. The lowest BCUT2D eigenvalue weighted by Crippen LogP contribution is -2.40. The maximum absolute atomic E-state index is 14.7. The molecule has 186 valence electrons. The number of nitrogens with zero attached hydrogens (tertiary/aromatic N) is 2. The van der Waals surface area contributed by atoms with Gasteiger partial charge in [0.25, 0.3) is 0 Å². The fraction of sp³-hybridized carbons (Fsp3) is 0.429. The number of rotatable bonds is 3. The first-order chi connectivity index (χ1) is 16.7. The first-order valence-electron chi connectivity index (χ1n) is 12.1. The topological polar surface area (TPSA) is 59.1 Å². The summed E-state index contributed by atoms with van der Waals surface area (Å²) in [5, 5.41) is 0. The molecule has 0 spiro atoms. The average molecular weight is 481 g/mol. The largest absolute Gasteiger partial charge is 0.445 e. The van der Waals surface area contributed by atoms with Crippen molar-refractivity contribution in [3.63, 3.8) is 0 Å². The van der Waals surface area contributed by atoms with E-state index in [0.717, 1.165) is 29.5 Å². The van der Waals surface area contributed by atoms with Crippen LogP contribution in [0.4, 0.5) is 14.0 Å². The number of likely N-dealkylation sites (tertiary alicyclic amines) is 1. The molecule has 0 unspecified atom stereocenters. The van der Waals surface area contributed by atoms with Crippen LogP contribution in [0, 0.1) is 5.82 Å². The Morgan fingerprint density at radius 2 is 1.60 bits per heavy atom. The van der Waals surface area contributed by atoms with Gasteiger partial charge < -0.3 is 19.3 Å². The fourth-order valence-corrected chi connectivity index (χ4v) is 4.43. The lowest BCUT2D eigenvalue weighted by molar-refractivity contribution is 0.0236. The predicted molar refractivity (Wildman–Crippen MR) is 132 cm³/mol. The second kappa shape index (κ2) is 10.5. The number of carbonyl (C=O) groups excluding carboxylic acids is 2. The van der Waals surface area contributed by atoms with Crippen molar-refractivity contribution in [2.24, 2.45) is 0 Å². The molecule has 2 aliphatic rings. The highest BCUT2D eigenvalue weighted by molar-refractivity contribution is 5.70. The van der Waals surface area contributed by atoms with Crippen molar-refractivity contribution in [3.8, 4) is 0 Å². The number of hydrogen-bond acceptors (Lipinski definition) is 4. The van der Waals surface area contributed by atoms with Crippen LogP contribution in [0.3, 0.4) is 0 Å². The molecular formula is C28H33FN2O4. The van der Waals surface area contributed by atoms with Crippen molar-refractivity contribution in [2.45, 2.75) is 58.8 Å². The number of piperidine rings is 1. The Morgan fingerprint density at radius 1 is 0.914 bits per heavy atom. The van der Waals surface area contributed by atoms with Gasteiger partial charge in [0.05, 0.1) is 6.54 Å². The first-order valence-corrected chi connectivity index (χ1v) is 12.1. The van der Waals surface area contributed by atoms with Gasteiger partial charge in [-0.05, 0) is 62.8 Å². The normalized spacial score (nSPS) is 15.9. The van der Waals surface area contributed by atoms with Crippen molar-refractivity contribution >= 4 is 18.3 Å². The highest BCUT2D eigenvalue weighted by Gasteiger charge is 2.27. The van der Waals surface area contributed by atoms with Crippen molar-refractivity contribution in [3.05, 3.63) is 76.1 Å². The molecular weight excluding hydrogens is 447 g/mol. The Kier molecular flexibility index (Phi) is 7.43. The van der Waals surface area contributed by atoms with Gasteiger partial charge >= 0.3 is 12.2 Å². The molecule has 6 nitrogen and oxygen atoms in total. The van der Waals surface area contributed by atoms with Gasteiger partial charge in [0.2, 0.25) is 0 Å². The van der Waals surface area contributed by atoms with E-state index in [2.05, 4.69) is 6.08 Å². The molecule has 0 aliphatic carbocycles. The molecule has 2 aromatic carbocycles. The van der Waals surface area contributed by atoms with E-state index < -0.39 is 11.7 Å². The molecule has 0 bridgehead atoms. The van der Waals surface area contributed by atoms with Crippen molar-refractivity contribution in [1.29, 1.82) is 0 Å². The average Bonchev–Trinajstić information content (AvgIpc) is 2.84. The highest BCUT2D eigenvalue weighted by Crippen LogP contribution is 2.29. The minimum absolute atomic E-state index is 0.192. The Bertz CT molecular complexity index is 1100. The van der Waals surface area contributed by atoms with E-state index in [0.29, 0.717) is 31.6 Å². The second-order valence-electron chi connectivity index (χ2n) is 10.1. The number of fused-ring (bicyclic) bond motifs is 1. The molecule has 0 radical (unpaired) electrons. The lowest BCUT2D eigenvalue weighted by atomic mass is 9.91. The molecule has 0 N–H and O–H groups in total. The summed E-state index contributed by atoms with van der Waals surface area (Å²) >= 11 is 0. The fourth-order valence-electron chi connectivity index (χ4n) is 4.43. The van der Waals surface area contributed by atoms with Crippen LogP contribution in [0.1, 0.15) is 55.9 Å².